The molecule has 0 aliphatic carbocycles. The van der Waals surface area contributed by atoms with Gasteiger partial charge in [-0.25, -0.2) is 9.59 Å². The van der Waals surface area contributed by atoms with E-state index in [-0.39, 0.29) is 49.8 Å². The quantitative estimate of drug-likeness (QED) is 0.159. The SMILES string of the molecule is COc1cc(-c2cc(O)c3c(O)c4oc5c(C(=O)O)cc(C)cc5c(=O)c4c(O)c3c2OC)c2cc(C)oc(=O)c2c1. The number of phenolic OH excluding ortho intramolecular Hbond substituents is 3. The lowest BCUT2D eigenvalue weighted by atomic mass is 9.92. The van der Waals surface area contributed by atoms with Crippen LogP contribution in [0.25, 0.3) is 54.6 Å². The van der Waals surface area contributed by atoms with E-state index in [2.05, 4.69) is 0 Å². The van der Waals surface area contributed by atoms with Gasteiger partial charge in [-0.3, -0.25) is 4.79 Å². The maximum absolute atomic E-state index is 13.7. The molecule has 0 saturated heterocycles. The van der Waals surface area contributed by atoms with Crippen LogP contribution in [0.5, 0.6) is 28.7 Å². The van der Waals surface area contributed by atoms with E-state index in [0.717, 1.165) is 0 Å². The molecule has 0 radical (unpaired) electrons. The van der Waals surface area contributed by atoms with Crippen LogP contribution in [-0.2, 0) is 0 Å². The van der Waals surface area contributed by atoms with Crippen LogP contribution in [0.15, 0.2) is 54.8 Å². The van der Waals surface area contributed by atoms with Crippen LogP contribution in [0.3, 0.4) is 0 Å². The third kappa shape index (κ3) is 3.63. The molecular formula is C31H22O11. The van der Waals surface area contributed by atoms with Crippen LogP contribution in [0.1, 0.15) is 21.7 Å². The van der Waals surface area contributed by atoms with E-state index >= 15 is 0 Å². The third-order valence-corrected chi connectivity index (χ3v) is 7.26. The summed E-state index contributed by atoms with van der Waals surface area (Å²) in [5.74, 6) is -2.73. The molecule has 0 spiro atoms. The summed E-state index contributed by atoms with van der Waals surface area (Å²) >= 11 is 0. The van der Waals surface area contributed by atoms with Crippen molar-refractivity contribution in [2.24, 2.45) is 0 Å². The van der Waals surface area contributed by atoms with Gasteiger partial charge in [0.15, 0.2) is 16.9 Å². The van der Waals surface area contributed by atoms with Crippen LogP contribution < -0.4 is 20.5 Å². The number of carboxylic acid groups (broad SMARTS) is 1. The second kappa shape index (κ2) is 9.16. The summed E-state index contributed by atoms with van der Waals surface area (Å²) in [4.78, 5) is 38.3. The summed E-state index contributed by atoms with van der Waals surface area (Å²) in [6, 6.07) is 8.70. The van der Waals surface area contributed by atoms with Crippen LogP contribution in [0.4, 0.5) is 0 Å². The normalized spacial score (nSPS) is 11.5. The highest BCUT2D eigenvalue weighted by Crippen LogP contribution is 2.53. The zero-order chi connectivity index (χ0) is 30.2. The molecule has 2 heterocycles. The van der Waals surface area contributed by atoms with E-state index in [1.54, 1.807) is 26.0 Å². The summed E-state index contributed by atoms with van der Waals surface area (Å²) in [5, 5.41) is 43.3. The van der Waals surface area contributed by atoms with Crippen LogP contribution in [-0.4, -0.2) is 40.6 Å². The topological polar surface area (TPSA) is 177 Å². The predicted molar refractivity (Wildman–Crippen MR) is 154 cm³/mol. The fraction of sp³-hybridized carbons (Fsp3) is 0.129. The number of phenols is 3. The maximum atomic E-state index is 13.7. The van der Waals surface area contributed by atoms with Crippen molar-refractivity contribution >= 4 is 49.5 Å². The van der Waals surface area contributed by atoms with Crippen molar-refractivity contribution in [3.8, 4) is 39.9 Å². The Morgan fingerprint density at radius 2 is 1.48 bits per heavy atom. The Labute approximate surface area is 235 Å². The summed E-state index contributed by atoms with van der Waals surface area (Å²) in [7, 11) is 2.70. The van der Waals surface area contributed by atoms with Crippen LogP contribution >= 0.6 is 0 Å². The van der Waals surface area contributed by atoms with Crippen LogP contribution in [0, 0.1) is 13.8 Å². The minimum atomic E-state index is -1.36. The second-order valence-corrected chi connectivity index (χ2v) is 9.83. The second-order valence-electron chi connectivity index (χ2n) is 9.83. The first kappa shape index (κ1) is 26.5. The summed E-state index contributed by atoms with van der Waals surface area (Å²) in [6.07, 6.45) is 0. The average molecular weight is 571 g/mol. The molecule has 0 fully saturated rings. The fourth-order valence-corrected chi connectivity index (χ4v) is 5.48. The summed E-state index contributed by atoms with van der Waals surface area (Å²) < 4.78 is 22.1. The number of ether oxygens (including phenoxy) is 2. The van der Waals surface area contributed by atoms with Crippen molar-refractivity contribution in [2.75, 3.05) is 14.2 Å². The highest BCUT2D eigenvalue weighted by molar-refractivity contribution is 6.17. The van der Waals surface area contributed by atoms with Gasteiger partial charge in [-0.1, -0.05) is 0 Å². The van der Waals surface area contributed by atoms with Gasteiger partial charge < -0.3 is 38.7 Å². The highest BCUT2D eigenvalue weighted by atomic mass is 16.5. The van der Waals surface area contributed by atoms with Gasteiger partial charge in [-0.05, 0) is 61.4 Å². The van der Waals surface area contributed by atoms with Crippen molar-refractivity contribution in [3.63, 3.8) is 0 Å². The number of aryl methyl sites for hydroxylation is 2. The van der Waals surface area contributed by atoms with Gasteiger partial charge in [0.05, 0.1) is 35.8 Å². The summed E-state index contributed by atoms with van der Waals surface area (Å²) in [5.41, 5.74) is -1.56. The minimum absolute atomic E-state index is 0.0482. The van der Waals surface area contributed by atoms with Crippen molar-refractivity contribution in [1.82, 2.24) is 0 Å². The van der Waals surface area contributed by atoms with E-state index in [4.69, 9.17) is 18.3 Å². The first-order valence-electron chi connectivity index (χ1n) is 12.5. The minimum Gasteiger partial charge on any atom is -0.507 e. The number of carbonyl (C=O) groups is 1. The molecule has 0 aliphatic rings. The first-order valence-corrected chi connectivity index (χ1v) is 12.5. The van der Waals surface area contributed by atoms with E-state index in [1.165, 1.54) is 38.5 Å². The fourth-order valence-electron chi connectivity index (χ4n) is 5.48. The van der Waals surface area contributed by atoms with Gasteiger partial charge >= 0.3 is 11.6 Å². The number of hydrogen-bond acceptors (Lipinski definition) is 10. The van der Waals surface area contributed by atoms with E-state index in [9.17, 15) is 34.8 Å². The Morgan fingerprint density at radius 1 is 0.738 bits per heavy atom. The lowest BCUT2D eigenvalue weighted by Gasteiger charge is -2.18. The Hall–Kier alpha value is -5.71. The molecule has 42 heavy (non-hydrogen) atoms. The Bertz CT molecular complexity index is 2290. The Kier molecular flexibility index (Phi) is 5.78. The number of aromatic hydroxyl groups is 3. The predicted octanol–water partition coefficient (Wildman–Crippen LogP) is 5.32. The molecule has 4 N–H and O–H groups in total. The number of methoxy groups -OCH3 is 2. The van der Waals surface area contributed by atoms with Gasteiger partial charge in [0, 0.05) is 10.9 Å². The van der Waals surface area contributed by atoms with Gasteiger partial charge in [0.25, 0.3) is 0 Å². The molecule has 6 aromatic rings. The Morgan fingerprint density at radius 3 is 2.14 bits per heavy atom. The van der Waals surface area contributed by atoms with Crippen molar-refractivity contribution in [2.45, 2.75) is 13.8 Å². The average Bonchev–Trinajstić information content (AvgIpc) is 2.94. The largest absolute Gasteiger partial charge is 0.507 e. The number of fused-ring (bicyclic) bond motifs is 4. The molecule has 4 aromatic carbocycles. The van der Waals surface area contributed by atoms with Gasteiger partial charge in [-0.2, -0.15) is 0 Å². The molecule has 0 amide bonds. The van der Waals surface area contributed by atoms with E-state index in [1.807, 2.05) is 0 Å². The van der Waals surface area contributed by atoms with Gasteiger partial charge in [-0.15, -0.1) is 0 Å². The molecular weight excluding hydrogens is 548 g/mol. The number of aromatic carboxylic acids is 1. The molecule has 2 aromatic heterocycles. The molecule has 0 aliphatic heterocycles. The third-order valence-electron chi connectivity index (χ3n) is 7.26. The van der Waals surface area contributed by atoms with Crippen molar-refractivity contribution < 1.29 is 43.5 Å². The molecule has 6 rings (SSSR count). The van der Waals surface area contributed by atoms with Crippen molar-refractivity contribution in [3.05, 3.63) is 73.9 Å². The lowest BCUT2D eigenvalue weighted by molar-refractivity contribution is 0.0697. The zero-order valence-corrected chi connectivity index (χ0v) is 22.6. The molecule has 11 heteroatoms. The summed E-state index contributed by atoms with van der Waals surface area (Å²) in [6.45, 7) is 3.20. The molecule has 11 nitrogen and oxygen atoms in total. The molecule has 0 unspecified atom stereocenters. The van der Waals surface area contributed by atoms with Crippen molar-refractivity contribution in [1.29, 1.82) is 0 Å². The number of benzene rings is 4. The highest BCUT2D eigenvalue weighted by Gasteiger charge is 2.28. The Balaban J connectivity index is 1.83. The van der Waals surface area contributed by atoms with Gasteiger partial charge in [0.1, 0.15) is 39.7 Å². The number of rotatable bonds is 4. The zero-order valence-electron chi connectivity index (χ0n) is 22.6. The first-order chi connectivity index (χ1) is 20.0. The van der Waals surface area contributed by atoms with E-state index in [0.29, 0.717) is 22.3 Å². The van der Waals surface area contributed by atoms with Crippen LogP contribution in [0.2, 0.25) is 0 Å². The standard InChI is InChI=1S/C31H22O11/c1-11-5-18-24(33)23-25(34)22-21(26(35)29(23)42-27(18)19(6-11)30(36)37)20(32)10-16(28(22)40-4)15-8-13(39-3)9-17-14(15)7-12(2)41-31(17)38/h5-10,32,34-35H,1-4H3,(H,36,37). The maximum Gasteiger partial charge on any atom is 0.343 e. The van der Waals surface area contributed by atoms with Gasteiger partial charge in [0.2, 0.25) is 5.43 Å². The molecule has 0 saturated carbocycles. The molecule has 212 valence electrons. The molecule has 0 bridgehead atoms. The smallest absolute Gasteiger partial charge is 0.343 e. The lowest BCUT2D eigenvalue weighted by Crippen LogP contribution is -2.07. The monoisotopic (exact) mass is 570 g/mol. The van der Waals surface area contributed by atoms with E-state index < -0.39 is 45.2 Å². The number of carboxylic acids is 1. The molecule has 0 atom stereocenters. The number of hydrogen-bond donors (Lipinski definition) is 4.